The Morgan fingerprint density at radius 3 is 2.78 bits per heavy atom. The van der Waals surface area contributed by atoms with E-state index in [0.29, 0.717) is 19.4 Å². The maximum absolute atomic E-state index is 11.8. The molecule has 2 heterocycles. The molecule has 3 nitrogen and oxygen atoms in total. The lowest BCUT2D eigenvalue weighted by atomic mass is 9.92. The Labute approximate surface area is 106 Å². The Hall–Kier alpha value is -1.61. The predicted molar refractivity (Wildman–Crippen MR) is 67.5 cm³/mol. The maximum Gasteiger partial charge on any atom is 0.139 e. The second-order valence-corrected chi connectivity index (χ2v) is 5.31. The molecule has 2 bridgehead atoms. The van der Waals surface area contributed by atoms with Gasteiger partial charge in [-0.25, -0.2) is 0 Å². The number of hydrogen-bond acceptors (Lipinski definition) is 3. The van der Waals surface area contributed by atoms with E-state index in [2.05, 4.69) is 0 Å². The van der Waals surface area contributed by atoms with Crippen molar-refractivity contribution in [2.24, 2.45) is 0 Å². The molecular formula is C15H16O3. The standard InChI is InChI=1S/C15H16O3/c1-14-7-8-15(18-14,10-12(16)9-14)11-17-13-5-3-2-4-6-13/h2-8H,9-11H2,1H3/t14-,15+/m1/s1. The van der Waals surface area contributed by atoms with Crippen LogP contribution in [0.5, 0.6) is 5.75 Å². The van der Waals surface area contributed by atoms with E-state index in [1.54, 1.807) is 0 Å². The fourth-order valence-corrected chi connectivity index (χ4v) is 2.69. The highest BCUT2D eigenvalue weighted by molar-refractivity contribution is 5.83. The van der Waals surface area contributed by atoms with Crippen molar-refractivity contribution in [3.8, 4) is 5.75 Å². The van der Waals surface area contributed by atoms with Gasteiger partial charge >= 0.3 is 0 Å². The lowest BCUT2D eigenvalue weighted by molar-refractivity contribution is -0.156. The monoisotopic (exact) mass is 244 g/mol. The third kappa shape index (κ3) is 2.06. The molecule has 2 aliphatic rings. The van der Waals surface area contributed by atoms with Crippen molar-refractivity contribution in [1.82, 2.24) is 0 Å². The number of para-hydroxylation sites is 1. The van der Waals surface area contributed by atoms with Gasteiger partial charge in [0.05, 0.1) is 5.60 Å². The molecule has 1 saturated heterocycles. The summed E-state index contributed by atoms with van der Waals surface area (Å²) in [5.74, 6) is 1.04. The quantitative estimate of drug-likeness (QED) is 0.766. The second kappa shape index (κ2) is 3.95. The van der Waals surface area contributed by atoms with Crippen molar-refractivity contribution in [3.05, 3.63) is 42.5 Å². The smallest absolute Gasteiger partial charge is 0.139 e. The van der Waals surface area contributed by atoms with Gasteiger partial charge in [0.1, 0.15) is 23.7 Å². The van der Waals surface area contributed by atoms with Crippen LogP contribution in [0.2, 0.25) is 0 Å². The molecule has 0 aromatic heterocycles. The normalized spacial score (nSPS) is 33.7. The summed E-state index contributed by atoms with van der Waals surface area (Å²) in [5, 5.41) is 0. The topological polar surface area (TPSA) is 35.5 Å². The van der Waals surface area contributed by atoms with Crippen LogP contribution >= 0.6 is 0 Å². The highest BCUT2D eigenvalue weighted by atomic mass is 16.6. The highest BCUT2D eigenvalue weighted by Gasteiger charge is 2.49. The van der Waals surface area contributed by atoms with E-state index in [9.17, 15) is 4.79 Å². The van der Waals surface area contributed by atoms with Crippen LogP contribution in [0.4, 0.5) is 0 Å². The first-order valence-corrected chi connectivity index (χ1v) is 6.19. The van der Waals surface area contributed by atoms with E-state index in [4.69, 9.17) is 9.47 Å². The highest BCUT2D eigenvalue weighted by Crippen LogP contribution is 2.41. The molecular weight excluding hydrogens is 228 g/mol. The van der Waals surface area contributed by atoms with Gasteiger partial charge in [-0.3, -0.25) is 4.79 Å². The van der Waals surface area contributed by atoms with E-state index in [-0.39, 0.29) is 5.78 Å². The molecule has 94 valence electrons. The molecule has 0 N–H and O–H groups in total. The Balaban J connectivity index is 1.73. The van der Waals surface area contributed by atoms with Gasteiger partial charge in [0, 0.05) is 12.8 Å². The van der Waals surface area contributed by atoms with Gasteiger partial charge in [0.15, 0.2) is 0 Å². The van der Waals surface area contributed by atoms with Crippen molar-refractivity contribution in [1.29, 1.82) is 0 Å². The number of carbonyl (C=O) groups excluding carboxylic acids is 1. The van der Waals surface area contributed by atoms with E-state index < -0.39 is 11.2 Å². The molecule has 1 fully saturated rings. The van der Waals surface area contributed by atoms with Crippen molar-refractivity contribution in [2.45, 2.75) is 31.0 Å². The Morgan fingerprint density at radius 1 is 1.22 bits per heavy atom. The zero-order valence-corrected chi connectivity index (χ0v) is 10.4. The molecule has 0 aliphatic carbocycles. The first-order valence-electron chi connectivity index (χ1n) is 6.19. The number of Topliss-reactive ketones (excluding diaryl/α,β-unsaturated/α-hetero) is 1. The van der Waals surface area contributed by atoms with Gasteiger partial charge in [-0.05, 0) is 19.1 Å². The summed E-state index contributed by atoms with van der Waals surface area (Å²) in [6.07, 6.45) is 4.86. The van der Waals surface area contributed by atoms with Crippen molar-refractivity contribution in [2.75, 3.05) is 6.61 Å². The molecule has 3 heteroatoms. The van der Waals surface area contributed by atoms with E-state index in [1.165, 1.54) is 0 Å². The van der Waals surface area contributed by atoms with Gasteiger partial charge in [-0.1, -0.05) is 30.4 Å². The molecule has 2 aliphatic heterocycles. The largest absolute Gasteiger partial charge is 0.490 e. The lowest BCUT2D eigenvalue weighted by Gasteiger charge is -2.37. The SMILES string of the molecule is C[C@@]12C=C[C@@](COc3ccccc3)(CC(=O)C1)O2. The molecule has 0 amide bonds. The number of carbonyl (C=O) groups is 1. The van der Waals surface area contributed by atoms with Gasteiger partial charge in [-0.2, -0.15) is 0 Å². The number of fused-ring (bicyclic) bond motifs is 2. The lowest BCUT2D eigenvalue weighted by Crippen LogP contribution is -2.47. The molecule has 3 rings (SSSR count). The average molecular weight is 244 g/mol. The van der Waals surface area contributed by atoms with Crippen molar-refractivity contribution in [3.63, 3.8) is 0 Å². The third-order valence-corrected chi connectivity index (χ3v) is 3.45. The van der Waals surface area contributed by atoms with E-state index in [1.807, 2.05) is 49.4 Å². The fraction of sp³-hybridized carbons (Fsp3) is 0.400. The zero-order chi connectivity index (χ0) is 12.6. The third-order valence-electron chi connectivity index (χ3n) is 3.45. The summed E-state index contributed by atoms with van der Waals surface area (Å²) < 4.78 is 11.7. The Bertz CT molecular complexity index is 494. The van der Waals surface area contributed by atoms with Crippen molar-refractivity contribution < 1.29 is 14.3 Å². The minimum Gasteiger partial charge on any atom is -0.490 e. The van der Waals surface area contributed by atoms with Crippen LogP contribution in [0.1, 0.15) is 19.8 Å². The predicted octanol–water partition coefficient (Wildman–Crippen LogP) is 2.51. The number of rotatable bonds is 3. The number of hydrogen-bond donors (Lipinski definition) is 0. The second-order valence-electron chi connectivity index (χ2n) is 5.31. The van der Waals surface area contributed by atoms with Gasteiger partial charge < -0.3 is 9.47 Å². The Kier molecular flexibility index (Phi) is 2.52. The summed E-state index contributed by atoms with van der Waals surface area (Å²) in [7, 11) is 0. The Morgan fingerprint density at radius 2 is 2.00 bits per heavy atom. The number of benzene rings is 1. The first kappa shape index (κ1) is 11.5. The van der Waals surface area contributed by atoms with Crippen molar-refractivity contribution >= 4 is 5.78 Å². The molecule has 18 heavy (non-hydrogen) atoms. The first-order chi connectivity index (χ1) is 8.59. The molecule has 1 aromatic carbocycles. The average Bonchev–Trinajstić information content (AvgIpc) is 2.59. The summed E-state index contributed by atoms with van der Waals surface area (Å²) in [6, 6.07) is 9.60. The van der Waals surface area contributed by atoms with Crippen LogP contribution in [0.3, 0.4) is 0 Å². The minimum absolute atomic E-state index is 0.241. The summed E-state index contributed by atoms with van der Waals surface area (Å²) >= 11 is 0. The summed E-state index contributed by atoms with van der Waals surface area (Å²) in [6.45, 7) is 2.33. The fourth-order valence-electron chi connectivity index (χ4n) is 2.69. The molecule has 1 aromatic rings. The maximum atomic E-state index is 11.8. The van der Waals surface area contributed by atoms with Crippen LogP contribution in [-0.4, -0.2) is 23.6 Å². The van der Waals surface area contributed by atoms with Gasteiger partial charge in [-0.15, -0.1) is 0 Å². The molecule has 2 atom stereocenters. The van der Waals surface area contributed by atoms with Crippen LogP contribution in [0, 0.1) is 0 Å². The molecule has 0 saturated carbocycles. The summed E-state index contributed by atoms with van der Waals surface area (Å²) in [5.41, 5.74) is -1.00. The van der Waals surface area contributed by atoms with Crippen LogP contribution in [-0.2, 0) is 9.53 Å². The van der Waals surface area contributed by atoms with Crippen LogP contribution in [0.15, 0.2) is 42.5 Å². The molecule has 0 spiro atoms. The van der Waals surface area contributed by atoms with Gasteiger partial charge in [0.25, 0.3) is 0 Å². The minimum atomic E-state index is -0.570. The number of ether oxygens (including phenoxy) is 2. The number of ketones is 1. The molecule has 0 unspecified atom stereocenters. The zero-order valence-electron chi connectivity index (χ0n) is 10.4. The van der Waals surface area contributed by atoms with E-state index >= 15 is 0 Å². The van der Waals surface area contributed by atoms with Gasteiger partial charge in [0.2, 0.25) is 0 Å². The van der Waals surface area contributed by atoms with Crippen LogP contribution in [0.25, 0.3) is 0 Å². The van der Waals surface area contributed by atoms with Crippen LogP contribution < -0.4 is 4.74 Å². The summed E-state index contributed by atoms with van der Waals surface area (Å²) in [4.78, 5) is 11.8. The van der Waals surface area contributed by atoms with E-state index in [0.717, 1.165) is 5.75 Å². The molecule has 0 radical (unpaired) electrons.